The first-order valence-corrected chi connectivity index (χ1v) is 8.96. The number of sulfonamides is 1. The maximum atomic E-state index is 14.0. The van der Waals surface area contributed by atoms with E-state index < -0.39 is 20.7 Å². The smallest absolute Gasteiger partial charge is 0.247 e. The van der Waals surface area contributed by atoms with Crippen LogP contribution < -0.4 is 5.73 Å². The number of benzene rings is 2. The lowest BCUT2D eigenvalue weighted by Gasteiger charge is -2.22. The Kier molecular flexibility index (Phi) is 8.12. The fourth-order valence-electron chi connectivity index (χ4n) is 2.25. The quantitative estimate of drug-likeness (QED) is 0.787. The number of hydrogen-bond donors (Lipinski definition) is 1. The molecule has 8 heteroatoms. The van der Waals surface area contributed by atoms with Gasteiger partial charge in [-0.25, -0.2) is 12.8 Å². The van der Waals surface area contributed by atoms with Gasteiger partial charge in [-0.05, 0) is 24.1 Å². The number of halogens is 3. The van der Waals surface area contributed by atoms with Crippen LogP contribution in [-0.2, 0) is 16.4 Å². The molecular weight excluding hydrogens is 374 g/mol. The summed E-state index contributed by atoms with van der Waals surface area (Å²) in [5, 5.41) is -0.133. The van der Waals surface area contributed by atoms with E-state index in [1.54, 1.807) is 0 Å². The number of nitrogens with zero attached hydrogens (tertiary/aromatic N) is 1. The minimum absolute atomic E-state index is 0. The molecule has 2 aromatic rings. The molecule has 0 saturated heterocycles. The van der Waals surface area contributed by atoms with Crippen LogP contribution >= 0.6 is 24.0 Å². The van der Waals surface area contributed by atoms with E-state index in [1.165, 1.54) is 16.4 Å². The summed E-state index contributed by atoms with van der Waals surface area (Å²) in [5.41, 5.74) is 6.51. The minimum Gasteiger partial charge on any atom is -0.329 e. The maximum Gasteiger partial charge on any atom is 0.247 e. The average molecular weight is 393 g/mol. The third-order valence-corrected chi connectivity index (χ3v) is 5.79. The third-order valence-electron chi connectivity index (χ3n) is 3.39. The lowest BCUT2D eigenvalue weighted by molar-refractivity contribution is 0.418. The first-order valence-electron chi connectivity index (χ1n) is 7.15. The predicted molar refractivity (Wildman–Crippen MR) is 96.6 cm³/mol. The Morgan fingerprint density at radius 3 is 2.29 bits per heavy atom. The highest BCUT2D eigenvalue weighted by Gasteiger charge is 2.29. The van der Waals surface area contributed by atoms with Crippen molar-refractivity contribution in [2.45, 2.75) is 11.3 Å². The Bertz CT molecular complexity index is 738. The molecule has 0 aliphatic heterocycles. The molecule has 0 radical (unpaired) electrons. The molecule has 0 bridgehead atoms. The van der Waals surface area contributed by atoms with E-state index in [1.807, 2.05) is 30.3 Å². The van der Waals surface area contributed by atoms with Crippen LogP contribution in [0.2, 0.25) is 5.02 Å². The lowest BCUT2D eigenvalue weighted by Crippen LogP contribution is -2.37. The summed E-state index contributed by atoms with van der Waals surface area (Å²) < 4.78 is 40.6. The Morgan fingerprint density at radius 1 is 1.04 bits per heavy atom. The molecule has 2 aromatic carbocycles. The van der Waals surface area contributed by atoms with Crippen LogP contribution in [0.25, 0.3) is 0 Å². The van der Waals surface area contributed by atoms with Crippen molar-refractivity contribution in [3.05, 3.63) is 64.9 Å². The Hall–Kier alpha value is -1.18. The van der Waals surface area contributed by atoms with Crippen molar-refractivity contribution in [3.63, 3.8) is 0 Å². The molecule has 24 heavy (non-hydrogen) atoms. The first kappa shape index (κ1) is 20.9. The van der Waals surface area contributed by atoms with Crippen molar-refractivity contribution in [3.8, 4) is 0 Å². The summed E-state index contributed by atoms with van der Waals surface area (Å²) in [5.74, 6) is -0.862. The SMILES string of the molecule is Cl.NCCN(CCc1ccccc1)S(=O)(=O)c1c(F)cccc1Cl. The molecule has 0 amide bonds. The molecule has 0 atom stereocenters. The second kappa shape index (κ2) is 9.34. The summed E-state index contributed by atoms with van der Waals surface area (Å²) in [6, 6.07) is 13.3. The molecule has 0 saturated carbocycles. The molecule has 132 valence electrons. The number of hydrogen-bond acceptors (Lipinski definition) is 3. The molecule has 0 heterocycles. The van der Waals surface area contributed by atoms with Crippen molar-refractivity contribution in [1.82, 2.24) is 4.31 Å². The van der Waals surface area contributed by atoms with Crippen LogP contribution in [0.5, 0.6) is 0 Å². The maximum absolute atomic E-state index is 14.0. The predicted octanol–water partition coefficient (Wildman–Crippen LogP) is 3.09. The highest BCUT2D eigenvalue weighted by Crippen LogP contribution is 2.27. The molecule has 0 spiro atoms. The third kappa shape index (κ3) is 4.91. The largest absolute Gasteiger partial charge is 0.329 e. The van der Waals surface area contributed by atoms with Gasteiger partial charge >= 0.3 is 0 Å². The van der Waals surface area contributed by atoms with E-state index in [4.69, 9.17) is 17.3 Å². The van der Waals surface area contributed by atoms with Crippen LogP contribution in [0.3, 0.4) is 0 Å². The first-order chi connectivity index (χ1) is 11.0. The normalized spacial score (nSPS) is 11.3. The van der Waals surface area contributed by atoms with Crippen molar-refractivity contribution in [1.29, 1.82) is 0 Å². The van der Waals surface area contributed by atoms with Gasteiger partial charge in [0.2, 0.25) is 10.0 Å². The van der Waals surface area contributed by atoms with Gasteiger partial charge in [-0.15, -0.1) is 12.4 Å². The zero-order chi connectivity index (χ0) is 16.9. The zero-order valence-electron chi connectivity index (χ0n) is 12.9. The van der Waals surface area contributed by atoms with Crippen LogP contribution in [0.15, 0.2) is 53.4 Å². The van der Waals surface area contributed by atoms with Gasteiger partial charge in [-0.1, -0.05) is 48.0 Å². The van der Waals surface area contributed by atoms with E-state index in [-0.39, 0.29) is 37.1 Å². The summed E-state index contributed by atoms with van der Waals surface area (Å²) in [6.45, 7) is 0.439. The molecule has 0 aliphatic carbocycles. The van der Waals surface area contributed by atoms with E-state index in [0.29, 0.717) is 6.42 Å². The highest BCUT2D eigenvalue weighted by atomic mass is 35.5. The molecule has 0 fully saturated rings. The molecule has 2 rings (SSSR count). The Balaban J connectivity index is 0.00000288. The second-order valence-corrected chi connectivity index (χ2v) is 7.26. The topological polar surface area (TPSA) is 63.4 Å². The molecule has 0 unspecified atom stereocenters. The Morgan fingerprint density at radius 2 is 1.71 bits per heavy atom. The zero-order valence-corrected chi connectivity index (χ0v) is 15.2. The van der Waals surface area contributed by atoms with Crippen molar-refractivity contribution < 1.29 is 12.8 Å². The standard InChI is InChI=1S/C16H18ClFN2O2S.ClH/c17-14-7-4-8-15(18)16(14)23(21,22)20(12-10-19)11-9-13-5-2-1-3-6-13;/h1-8H,9-12,19H2;1H. The molecule has 0 aromatic heterocycles. The van der Waals surface area contributed by atoms with Crippen LogP contribution in [0.4, 0.5) is 4.39 Å². The van der Waals surface area contributed by atoms with Crippen molar-refractivity contribution in [2.75, 3.05) is 19.6 Å². The summed E-state index contributed by atoms with van der Waals surface area (Å²) in [7, 11) is -4.05. The molecule has 0 aliphatic rings. The van der Waals surface area contributed by atoms with Gasteiger partial charge in [0.15, 0.2) is 0 Å². The van der Waals surface area contributed by atoms with Crippen LogP contribution in [-0.4, -0.2) is 32.4 Å². The van der Waals surface area contributed by atoms with Crippen molar-refractivity contribution >= 4 is 34.0 Å². The number of rotatable bonds is 7. The van der Waals surface area contributed by atoms with Gasteiger partial charge in [0, 0.05) is 19.6 Å². The van der Waals surface area contributed by atoms with Crippen LogP contribution in [0, 0.1) is 5.82 Å². The van der Waals surface area contributed by atoms with E-state index in [2.05, 4.69) is 0 Å². The van der Waals surface area contributed by atoms with Gasteiger partial charge < -0.3 is 5.73 Å². The van der Waals surface area contributed by atoms with Crippen molar-refractivity contribution in [2.24, 2.45) is 5.73 Å². The fraction of sp³-hybridized carbons (Fsp3) is 0.250. The summed E-state index contributed by atoms with van der Waals surface area (Å²) in [6.07, 6.45) is 0.506. The minimum atomic E-state index is -4.05. The molecular formula is C16H19Cl2FN2O2S. The molecule has 4 nitrogen and oxygen atoms in total. The van der Waals surface area contributed by atoms with E-state index in [0.717, 1.165) is 11.6 Å². The summed E-state index contributed by atoms with van der Waals surface area (Å²) >= 11 is 5.90. The Labute approximate surface area is 152 Å². The van der Waals surface area contributed by atoms with Gasteiger partial charge in [-0.2, -0.15) is 4.31 Å². The van der Waals surface area contributed by atoms with E-state index in [9.17, 15) is 12.8 Å². The van der Waals surface area contributed by atoms with Gasteiger partial charge in [-0.3, -0.25) is 0 Å². The highest BCUT2D eigenvalue weighted by molar-refractivity contribution is 7.89. The second-order valence-electron chi connectivity index (χ2n) is 4.98. The average Bonchev–Trinajstić information content (AvgIpc) is 2.52. The summed E-state index contributed by atoms with van der Waals surface area (Å²) in [4.78, 5) is -0.497. The van der Waals surface area contributed by atoms with E-state index >= 15 is 0 Å². The molecule has 2 N–H and O–H groups in total. The monoisotopic (exact) mass is 392 g/mol. The van der Waals surface area contributed by atoms with Gasteiger partial charge in [0.05, 0.1) is 5.02 Å². The van der Waals surface area contributed by atoms with Gasteiger partial charge in [0.25, 0.3) is 0 Å². The number of nitrogens with two attached hydrogens (primary N) is 1. The van der Waals surface area contributed by atoms with Crippen LogP contribution in [0.1, 0.15) is 5.56 Å². The fourth-order valence-corrected chi connectivity index (χ4v) is 4.27. The van der Waals surface area contributed by atoms with Gasteiger partial charge in [0.1, 0.15) is 10.7 Å². The lowest BCUT2D eigenvalue weighted by atomic mass is 10.1.